The van der Waals surface area contributed by atoms with E-state index in [-0.39, 0.29) is 0 Å². The molecular weight excluding hydrogens is 332 g/mol. The molecule has 0 amide bonds. The summed E-state index contributed by atoms with van der Waals surface area (Å²) >= 11 is 6.64. The summed E-state index contributed by atoms with van der Waals surface area (Å²) in [4.78, 5) is 3.07. The van der Waals surface area contributed by atoms with Gasteiger partial charge in [-0.3, -0.25) is 0 Å². The molecule has 0 aliphatic carbocycles. The number of hydrogen-bond acceptors (Lipinski definition) is 6. The minimum absolute atomic E-state index is 0.523. The summed E-state index contributed by atoms with van der Waals surface area (Å²) in [5.74, 6) is 0. The Morgan fingerprint density at radius 3 is 2.78 bits per heavy atom. The van der Waals surface area contributed by atoms with E-state index in [1.807, 2.05) is 31.1 Å². The Labute approximate surface area is 123 Å². The molecule has 18 heavy (non-hydrogen) atoms. The van der Waals surface area contributed by atoms with Gasteiger partial charge in [0.25, 0.3) is 0 Å². The Bertz CT molecular complexity index is 542. The van der Waals surface area contributed by atoms with Crippen LogP contribution in [0.2, 0.25) is 0 Å². The highest BCUT2D eigenvalue weighted by atomic mass is 79.9. The molecule has 0 fully saturated rings. The summed E-state index contributed by atoms with van der Waals surface area (Å²) < 4.78 is 1.96. The van der Waals surface area contributed by atoms with Crippen LogP contribution in [-0.2, 0) is 6.54 Å². The van der Waals surface area contributed by atoms with Crippen molar-refractivity contribution in [3.8, 4) is 0 Å². The van der Waals surface area contributed by atoms with Crippen LogP contribution in [0.15, 0.2) is 31.9 Å². The van der Waals surface area contributed by atoms with Crippen molar-refractivity contribution in [1.29, 1.82) is 0 Å². The first-order chi connectivity index (χ1) is 8.60. The molecule has 0 aliphatic heterocycles. The topological polar surface area (TPSA) is 55.0 Å². The lowest BCUT2D eigenvalue weighted by Crippen LogP contribution is -2.07. The molecule has 0 aliphatic rings. The molecule has 0 atom stereocenters. The van der Waals surface area contributed by atoms with Gasteiger partial charge in [0, 0.05) is 30.0 Å². The largest absolute Gasteiger partial charge is 0.353 e. The van der Waals surface area contributed by atoms with Gasteiger partial charge in [-0.05, 0) is 17.7 Å². The molecule has 0 saturated heterocycles. The van der Waals surface area contributed by atoms with Gasteiger partial charge in [0.1, 0.15) is 0 Å². The van der Waals surface area contributed by atoms with Gasteiger partial charge in [-0.15, -0.1) is 10.2 Å². The van der Waals surface area contributed by atoms with E-state index >= 15 is 0 Å². The second-order valence-electron chi connectivity index (χ2n) is 3.80. The third kappa shape index (κ3) is 3.23. The minimum Gasteiger partial charge on any atom is -0.353 e. The Morgan fingerprint density at radius 1 is 1.39 bits per heavy atom. The molecule has 2 aromatic rings. The number of anilines is 1. The number of rotatable bonds is 4. The average Bonchev–Trinajstić information content (AvgIpc) is 2.78. The van der Waals surface area contributed by atoms with Crippen molar-refractivity contribution in [2.24, 2.45) is 5.73 Å². The lowest BCUT2D eigenvalue weighted by Gasteiger charge is -2.06. The third-order valence-corrected chi connectivity index (χ3v) is 4.96. The number of nitrogens with two attached hydrogens (primary N) is 1. The fraction of sp³-hybridized carbons (Fsp3) is 0.273. The lowest BCUT2D eigenvalue weighted by atomic mass is 10.2. The van der Waals surface area contributed by atoms with Crippen LogP contribution >= 0.6 is 39.0 Å². The molecule has 4 nitrogen and oxygen atoms in total. The van der Waals surface area contributed by atoms with E-state index in [4.69, 9.17) is 5.73 Å². The summed E-state index contributed by atoms with van der Waals surface area (Å²) in [5.41, 5.74) is 6.85. The molecule has 0 unspecified atom stereocenters. The van der Waals surface area contributed by atoms with Crippen LogP contribution in [0.25, 0.3) is 0 Å². The van der Waals surface area contributed by atoms with Gasteiger partial charge in [0.05, 0.1) is 0 Å². The predicted molar refractivity (Wildman–Crippen MR) is 80.4 cm³/mol. The molecule has 0 bridgehead atoms. The highest BCUT2D eigenvalue weighted by molar-refractivity contribution is 9.10. The summed E-state index contributed by atoms with van der Waals surface area (Å²) in [5, 5.41) is 9.20. The number of nitrogens with zero attached hydrogens (tertiary/aromatic N) is 3. The van der Waals surface area contributed by atoms with Crippen LogP contribution < -0.4 is 10.6 Å². The quantitative estimate of drug-likeness (QED) is 0.923. The standard InChI is InChI=1S/C11H13BrN4S2/c1-16(2)10-14-15-11(18-10)17-9-5-8(12)4-3-7(9)6-13/h3-5H,6,13H2,1-2H3. The summed E-state index contributed by atoms with van der Waals surface area (Å²) in [6.45, 7) is 0.523. The summed E-state index contributed by atoms with van der Waals surface area (Å²) in [6.07, 6.45) is 0. The van der Waals surface area contributed by atoms with E-state index in [1.165, 1.54) is 0 Å². The van der Waals surface area contributed by atoms with Crippen molar-refractivity contribution in [3.63, 3.8) is 0 Å². The summed E-state index contributed by atoms with van der Waals surface area (Å²) in [7, 11) is 3.92. The minimum atomic E-state index is 0.523. The van der Waals surface area contributed by atoms with E-state index in [0.717, 1.165) is 24.4 Å². The van der Waals surface area contributed by atoms with Crippen LogP contribution in [0.3, 0.4) is 0 Å². The van der Waals surface area contributed by atoms with Crippen molar-refractivity contribution in [1.82, 2.24) is 10.2 Å². The highest BCUT2D eigenvalue weighted by Gasteiger charge is 2.10. The van der Waals surface area contributed by atoms with Crippen LogP contribution in [0.4, 0.5) is 5.13 Å². The maximum atomic E-state index is 5.74. The maximum absolute atomic E-state index is 5.74. The molecule has 7 heteroatoms. The van der Waals surface area contributed by atoms with E-state index < -0.39 is 0 Å². The van der Waals surface area contributed by atoms with Crippen molar-refractivity contribution in [2.75, 3.05) is 19.0 Å². The second-order valence-corrected chi connectivity index (χ2v) is 6.96. The second kappa shape index (κ2) is 6.01. The Hall–Kier alpha value is -0.630. The van der Waals surface area contributed by atoms with E-state index in [0.29, 0.717) is 6.54 Å². The van der Waals surface area contributed by atoms with E-state index in [9.17, 15) is 0 Å². The van der Waals surface area contributed by atoms with Crippen LogP contribution in [-0.4, -0.2) is 24.3 Å². The summed E-state index contributed by atoms with van der Waals surface area (Å²) in [6, 6.07) is 6.08. The first kappa shape index (κ1) is 13.8. The van der Waals surface area contributed by atoms with Gasteiger partial charge < -0.3 is 10.6 Å². The zero-order valence-electron chi connectivity index (χ0n) is 10.1. The number of aromatic nitrogens is 2. The van der Waals surface area contributed by atoms with Gasteiger partial charge in [0.2, 0.25) is 5.13 Å². The fourth-order valence-electron chi connectivity index (χ4n) is 1.31. The number of hydrogen-bond donors (Lipinski definition) is 1. The Morgan fingerprint density at radius 2 is 2.17 bits per heavy atom. The molecule has 2 rings (SSSR count). The Balaban J connectivity index is 2.24. The molecule has 0 spiro atoms. The highest BCUT2D eigenvalue weighted by Crippen LogP contribution is 2.35. The molecule has 1 aromatic heterocycles. The van der Waals surface area contributed by atoms with Crippen molar-refractivity contribution < 1.29 is 0 Å². The van der Waals surface area contributed by atoms with Gasteiger partial charge in [0.15, 0.2) is 4.34 Å². The number of halogens is 1. The van der Waals surface area contributed by atoms with E-state index in [1.54, 1.807) is 23.1 Å². The molecule has 0 radical (unpaired) electrons. The average molecular weight is 345 g/mol. The van der Waals surface area contributed by atoms with Gasteiger partial charge in [-0.25, -0.2) is 0 Å². The molecule has 2 N–H and O–H groups in total. The Kier molecular flexibility index (Phi) is 4.60. The van der Waals surface area contributed by atoms with Crippen molar-refractivity contribution in [3.05, 3.63) is 28.2 Å². The lowest BCUT2D eigenvalue weighted by molar-refractivity contribution is 0.970. The molecular formula is C11H13BrN4S2. The van der Waals surface area contributed by atoms with E-state index in [2.05, 4.69) is 32.2 Å². The first-order valence-electron chi connectivity index (χ1n) is 5.27. The molecule has 0 saturated carbocycles. The first-order valence-corrected chi connectivity index (χ1v) is 7.70. The SMILES string of the molecule is CN(C)c1nnc(Sc2cc(Br)ccc2CN)s1. The zero-order valence-corrected chi connectivity index (χ0v) is 13.3. The van der Waals surface area contributed by atoms with Crippen LogP contribution in [0, 0.1) is 0 Å². The maximum Gasteiger partial charge on any atom is 0.208 e. The van der Waals surface area contributed by atoms with Crippen molar-refractivity contribution >= 4 is 44.2 Å². The van der Waals surface area contributed by atoms with Crippen molar-refractivity contribution in [2.45, 2.75) is 15.8 Å². The van der Waals surface area contributed by atoms with Gasteiger partial charge in [-0.2, -0.15) is 0 Å². The van der Waals surface area contributed by atoms with Gasteiger partial charge in [-0.1, -0.05) is 45.1 Å². The third-order valence-electron chi connectivity index (χ3n) is 2.22. The molecule has 1 heterocycles. The smallest absolute Gasteiger partial charge is 0.208 e. The van der Waals surface area contributed by atoms with Gasteiger partial charge >= 0.3 is 0 Å². The number of benzene rings is 1. The zero-order chi connectivity index (χ0) is 13.1. The monoisotopic (exact) mass is 344 g/mol. The predicted octanol–water partition coefficient (Wildman–Crippen LogP) is 2.98. The fourth-order valence-corrected chi connectivity index (χ4v) is 3.72. The molecule has 96 valence electrons. The molecule has 1 aromatic carbocycles. The normalized spacial score (nSPS) is 10.7. The van der Waals surface area contributed by atoms with Crippen LogP contribution in [0.5, 0.6) is 0 Å². The van der Waals surface area contributed by atoms with Crippen LogP contribution in [0.1, 0.15) is 5.56 Å².